The van der Waals surface area contributed by atoms with Gasteiger partial charge in [-0.1, -0.05) is 0 Å². The van der Waals surface area contributed by atoms with Crippen molar-refractivity contribution in [2.24, 2.45) is 5.73 Å². The maximum absolute atomic E-state index is 11.0. The first-order chi connectivity index (χ1) is 7.65. The molecule has 4 N–H and O–H groups in total. The fourth-order valence-electron chi connectivity index (χ4n) is 1.16. The number of anilines is 1. The molecule has 6 nitrogen and oxygen atoms in total. The molecule has 0 saturated heterocycles. The molecule has 0 fully saturated rings. The summed E-state index contributed by atoms with van der Waals surface area (Å²) < 4.78 is 0. The van der Waals surface area contributed by atoms with Crippen molar-refractivity contribution in [2.75, 3.05) is 18.9 Å². The number of rotatable bonds is 5. The van der Waals surface area contributed by atoms with Crippen LogP contribution in [0.1, 0.15) is 16.8 Å². The Kier molecular flexibility index (Phi) is 4.26. The molecule has 0 spiro atoms. The van der Waals surface area contributed by atoms with Gasteiger partial charge in [0.05, 0.1) is 5.56 Å². The third-order valence-corrected chi connectivity index (χ3v) is 2.00. The third kappa shape index (κ3) is 3.23. The molecule has 1 aromatic rings. The minimum atomic E-state index is -0.546. The number of aromatic nitrogens is 1. The molecule has 0 bridgehead atoms. The van der Waals surface area contributed by atoms with Gasteiger partial charge in [0.25, 0.3) is 5.91 Å². The summed E-state index contributed by atoms with van der Waals surface area (Å²) in [5.74, 6) is -0.224. The summed E-state index contributed by atoms with van der Waals surface area (Å²) in [4.78, 5) is 26.0. The molecule has 0 aliphatic carbocycles. The van der Waals surface area contributed by atoms with E-state index >= 15 is 0 Å². The molecule has 86 valence electrons. The van der Waals surface area contributed by atoms with Gasteiger partial charge in [-0.2, -0.15) is 0 Å². The van der Waals surface area contributed by atoms with Crippen molar-refractivity contribution < 1.29 is 9.59 Å². The molecule has 6 heteroatoms. The van der Waals surface area contributed by atoms with E-state index in [9.17, 15) is 9.59 Å². The highest BCUT2D eigenvalue weighted by molar-refractivity contribution is 5.97. The fourth-order valence-corrected chi connectivity index (χ4v) is 1.16. The number of nitrogens with one attached hydrogen (secondary N) is 2. The molecule has 0 radical (unpaired) electrons. The lowest BCUT2D eigenvalue weighted by Gasteiger charge is -2.07. The highest BCUT2D eigenvalue weighted by Gasteiger charge is 2.08. The first kappa shape index (κ1) is 12.0. The van der Waals surface area contributed by atoms with Gasteiger partial charge < -0.3 is 16.4 Å². The van der Waals surface area contributed by atoms with Crippen LogP contribution in [-0.4, -0.2) is 30.4 Å². The number of primary amides is 1. The average molecular weight is 222 g/mol. The van der Waals surface area contributed by atoms with Crippen molar-refractivity contribution in [1.29, 1.82) is 0 Å². The maximum atomic E-state index is 11.0. The normalized spacial score (nSPS) is 9.56. The number of carbonyl (C=O) groups is 2. The molecule has 0 aliphatic rings. The van der Waals surface area contributed by atoms with E-state index < -0.39 is 5.91 Å². The quantitative estimate of drug-likeness (QED) is 0.638. The summed E-state index contributed by atoms with van der Waals surface area (Å²) in [6.07, 6.45) is 1.86. The van der Waals surface area contributed by atoms with E-state index in [1.807, 2.05) is 0 Å². The number of pyridine rings is 1. The number of nitrogens with zero attached hydrogens (tertiary/aromatic N) is 1. The molecule has 0 aliphatic heterocycles. The Morgan fingerprint density at radius 3 is 2.88 bits per heavy atom. The molecule has 16 heavy (non-hydrogen) atoms. The zero-order valence-electron chi connectivity index (χ0n) is 8.99. The lowest BCUT2D eigenvalue weighted by atomic mass is 10.2. The Hall–Kier alpha value is -2.11. The molecular weight excluding hydrogens is 208 g/mol. The van der Waals surface area contributed by atoms with E-state index in [0.29, 0.717) is 24.3 Å². The van der Waals surface area contributed by atoms with Crippen LogP contribution in [0.5, 0.6) is 0 Å². The number of nitrogens with two attached hydrogens (primary N) is 1. The van der Waals surface area contributed by atoms with E-state index in [1.54, 1.807) is 25.4 Å². The second kappa shape index (κ2) is 5.69. The summed E-state index contributed by atoms with van der Waals surface area (Å²) in [5.41, 5.74) is 5.49. The minimum absolute atomic E-state index is 0.0796. The van der Waals surface area contributed by atoms with Gasteiger partial charge in [0, 0.05) is 26.2 Å². The van der Waals surface area contributed by atoms with Gasteiger partial charge in [-0.3, -0.25) is 9.59 Å². The van der Waals surface area contributed by atoms with E-state index in [2.05, 4.69) is 15.6 Å². The summed E-state index contributed by atoms with van der Waals surface area (Å²) >= 11 is 0. The second-order valence-corrected chi connectivity index (χ2v) is 3.11. The third-order valence-electron chi connectivity index (χ3n) is 2.00. The molecule has 2 amide bonds. The second-order valence-electron chi connectivity index (χ2n) is 3.11. The Labute approximate surface area is 93.2 Å². The van der Waals surface area contributed by atoms with Gasteiger partial charge >= 0.3 is 0 Å². The minimum Gasteiger partial charge on any atom is -0.369 e. The van der Waals surface area contributed by atoms with Gasteiger partial charge in [0.15, 0.2) is 0 Å². The van der Waals surface area contributed by atoms with Gasteiger partial charge in [0.1, 0.15) is 5.82 Å². The summed E-state index contributed by atoms with van der Waals surface area (Å²) in [7, 11) is 1.57. The van der Waals surface area contributed by atoms with Crippen LogP contribution in [0.2, 0.25) is 0 Å². The molecule has 0 saturated carbocycles. The molecule has 0 unspecified atom stereocenters. The van der Waals surface area contributed by atoms with Crippen LogP contribution in [-0.2, 0) is 4.79 Å². The predicted octanol–water partition coefficient (Wildman–Crippen LogP) is -0.272. The number of carbonyl (C=O) groups excluding carboxylic acids is 2. The van der Waals surface area contributed by atoms with Gasteiger partial charge in [-0.25, -0.2) is 4.98 Å². The first-order valence-electron chi connectivity index (χ1n) is 4.84. The van der Waals surface area contributed by atoms with Crippen LogP contribution < -0.4 is 16.4 Å². The van der Waals surface area contributed by atoms with Gasteiger partial charge in [-0.05, 0) is 12.1 Å². The van der Waals surface area contributed by atoms with Crippen molar-refractivity contribution in [3.05, 3.63) is 23.9 Å². The standard InChI is InChI=1S/C10H14N4O2/c1-12-8(15)4-6-14-10-7(9(11)16)3-2-5-13-10/h2-3,5H,4,6H2,1H3,(H2,11,16)(H,12,15)(H,13,14). The fraction of sp³-hybridized carbons (Fsp3) is 0.300. The first-order valence-corrected chi connectivity index (χ1v) is 4.84. The largest absolute Gasteiger partial charge is 0.369 e. The highest BCUT2D eigenvalue weighted by Crippen LogP contribution is 2.09. The van der Waals surface area contributed by atoms with Crippen LogP contribution in [0.4, 0.5) is 5.82 Å². The van der Waals surface area contributed by atoms with Crippen molar-refractivity contribution in [1.82, 2.24) is 10.3 Å². The van der Waals surface area contributed by atoms with Crippen LogP contribution in [0.25, 0.3) is 0 Å². The Morgan fingerprint density at radius 1 is 1.50 bits per heavy atom. The molecule has 1 rings (SSSR count). The van der Waals surface area contributed by atoms with Gasteiger partial charge in [0.2, 0.25) is 5.91 Å². The van der Waals surface area contributed by atoms with E-state index in [-0.39, 0.29) is 5.91 Å². The molecule has 0 atom stereocenters. The lowest BCUT2D eigenvalue weighted by Crippen LogP contribution is -2.22. The maximum Gasteiger partial charge on any atom is 0.252 e. The predicted molar refractivity (Wildman–Crippen MR) is 59.9 cm³/mol. The number of hydrogen-bond donors (Lipinski definition) is 3. The van der Waals surface area contributed by atoms with Crippen LogP contribution in [0.3, 0.4) is 0 Å². The zero-order chi connectivity index (χ0) is 12.0. The van der Waals surface area contributed by atoms with Crippen molar-refractivity contribution in [2.45, 2.75) is 6.42 Å². The topological polar surface area (TPSA) is 97.1 Å². The van der Waals surface area contributed by atoms with Crippen LogP contribution in [0.15, 0.2) is 18.3 Å². The molecule has 0 aromatic carbocycles. The Bertz CT molecular complexity index is 392. The monoisotopic (exact) mass is 222 g/mol. The van der Waals surface area contributed by atoms with Crippen molar-refractivity contribution in [3.8, 4) is 0 Å². The van der Waals surface area contributed by atoms with E-state index in [0.717, 1.165) is 0 Å². The molecule has 1 aromatic heterocycles. The Morgan fingerprint density at radius 2 is 2.25 bits per heavy atom. The van der Waals surface area contributed by atoms with Crippen molar-refractivity contribution >= 4 is 17.6 Å². The number of amides is 2. The van der Waals surface area contributed by atoms with Gasteiger partial charge in [-0.15, -0.1) is 0 Å². The van der Waals surface area contributed by atoms with Crippen molar-refractivity contribution in [3.63, 3.8) is 0 Å². The number of hydrogen-bond acceptors (Lipinski definition) is 4. The smallest absolute Gasteiger partial charge is 0.252 e. The Balaban J connectivity index is 2.60. The summed E-state index contributed by atoms with van der Waals surface area (Å²) in [6, 6.07) is 3.21. The summed E-state index contributed by atoms with van der Waals surface area (Å²) in [5, 5.41) is 5.38. The SMILES string of the molecule is CNC(=O)CCNc1ncccc1C(N)=O. The highest BCUT2D eigenvalue weighted by atomic mass is 16.1. The molecular formula is C10H14N4O2. The van der Waals surface area contributed by atoms with Crippen LogP contribution >= 0.6 is 0 Å². The zero-order valence-corrected chi connectivity index (χ0v) is 8.99. The molecule has 1 heterocycles. The lowest BCUT2D eigenvalue weighted by molar-refractivity contribution is -0.120. The van der Waals surface area contributed by atoms with Crippen LogP contribution in [0, 0.1) is 0 Å². The van der Waals surface area contributed by atoms with E-state index in [4.69, 9.17) is 5.73 Å². The van der Waals surface area contributed by atoms with E-state index in [1.165, 1.54) is 0 Å². The average Bonchev–Trinajstić information content (AvgIpc) is 2.29. The summed E-state index contributed by atoms with van der Waals surface area (Å²) in [6.45, 7) is 0.400.